The maximum Gasteiger partial charge on any atom is 0.224 e. The zero-order valence-corrected chi connectivity index (χ0v) is 14.3. The van der Waals surface area contributed by atoms with Gasteiger partial charge >= 0.3 is 0 Å². The topological polar surface area (TPSA) is 68.0 Å². The van der Waals surface area contributed by atoms with Crippen molar-refractivity contribution in [3.8, 4) is 0 Å². The largest absolute Gasteiger partial charge is 0.354 e. The van der Waals surface area contributed by atoms with Crippen LogP contribution < -0.4 is 11.1 Å². The number of rotatable bonds is 6. The van der Waals surface area contributed by atoms with E-state index in [1.807, 2.05) is 24.3 Å². The molecule has 0 saturated heterocycles. The molecule has 5 heteroatoms. The average Bonchev–Trinajstić information content (AvgIpc) is 2.53. The van der Waals surface area contributed by atoms with E-state index in [9.17, 15) is 4.79 Å². The van der Waals surface area contributed by atoms with Crippen molar-refractivity contribution in [2.45, 2.75) is 32.2 Å². The van der Waals surface area contributed by atoms with Crippen LogP contribution in [0.5, 0.6) is 0 Å². The highest BCUT2D eigenvalue weighted by atomic mass is 35.5. The summed E-state index contributed by atoms with van der Waals surface area (Å²) in [4.78, 5) is 15.9. The Morgan fingerprint density at radius 2 is 1.83 bits per heavy atom. The molecule has 1 unspecified atom stereocenters. The number of carbonyl (C=O) groups is 1. The number of halogens is 1. The second-order valence-corrected chi connectivity index (χ2v) is 5.77. The summed E-state index contributed by atoms with van der Waals surface area (Å²) in [5.74, 6) is 0.465. The van der Waals surface area contributed by atoms with Crippen LogP contribution in [0.2, 0.25) is 0 Å². The summed E-state index contributed by atoms with van der Waals surface area (Å²) >= 11 is 0. The van der Waals surface area contributed by atoms with E-state index in [0.29, 0.717) is 18.9 Å². The SMILES string of the molecule is CC(C)c1ccc(C(N)CNC(=O)Cc2cccnc2)cc1.Cl. The molecule has 0 saturated carbocycles. The van der Waals surface area contributed by atoms with E-state index >= 15 is 0 Å². The molecule has 1 heterocycles. The molecule has 2 rings (SSSR count). The van der Waals surface area contributed by atoms with Crippen molar-refractivity contribution in [2.24, 2.45) is 5.73 Å². The number of nitrogens with one attached hydrogen (secondary N) is 1. The van der Waals surface area contributed by atoms with E-state index in [1.165, 1.54) is 5.56 Å². The van der Waals surface area contributed by atoms with Crippen molar-refractivity contribution in [1.82, 2.24) is 10.3 Å². The number of pyridine rings is 1. The van der Waals surface area contributed by atoms with Crippen molar-refractivity contribution < 1.29 is 4.79 Å². The van der Waals surface area contributed by atoms with Gasteiger partial charge in [0.2, 0.25) is 5.91 Å². The highest BCUT2D eigenvalue weighted by molar-refractivity contribution is 5.85. The lowest BCUT2D eigenvalue weighted by atomic mass is 9.99. The summed E-state index contributed by atoms with van der Waals surface area (Å²) in [5, 5.41) is 2.88. The van der Waals surface area contributed by atoms with Crippen molar-refractivity contribution in [3.63, 3.8) is 0 Å². The summed E-state index contributed by atoms with van der Waals surface area (Å²) in [5.41, 5.74) is 9.36. The Bertz CT molecular complexity index is 599. The lowest BCUT2D eigenvalue weighted by molar-refractivity contribution is -0.120. The second kappa shape index (κ2) is 9.28. The van der Waals surface area contributed by atoms with Gasteiger partial charge in [-0.2, -0.15) is 0 Å². The van der Waals surface area contributed by atoms with Gasteiger partial charge in [0.05, 0.1) is 6.42 Å². The molecule has 0 radical (unpaired) electrons. The molecule has 1 atom stereocenters. The summed E-state index contributed by atoms with van der Waals surface area (Å²) < 4.78 is 0. The lowest BCUT2D eigenvalue weighted by Gasteiger charge is -2.14. The fourth-order valence-corrected chi connectivity index (χ4v) is 2.22. The van der Waals surface area contributed by atoms with Gasteiger partial charge in [0.1, 0.15) is 0 Å². The molecule has 1 aromatic heterocycles. The molecule has 23 heavy (non-hydrogen) atoms. The fraction of sp³-hybridized carbons (Fsp3) is 0.333. The lowest BCUT2D eigenvalue weighted by Crippen LogP contribution is -2.32. The van der Waals surface area contributed by atoms with Crippen LogP contribution in [0.1, 0.15) is 42.5 Å². The molecule has 0 bridgehead atoms. The third kappa shape index (κ3) is 6.00. The number of benzene rings is 1. The summed E-state index contributed by atoms with van der Waals surface area (Å²) in [7, 11) is 0. The minimum atomic E-state index is -0.195. The summed E-state index contributed by atoms with van der Waals surface area (Å²) in [6.45, 7) is 4.75. The third-order valence-corrected chi connectivity index (χ3v) is 3.64. The first-order chi connectivity index (χ1) is 10.6. The number of aromatic nitrogens is 1. The molecule has 0 aliphatic carbocycles. The Labute approximate surface area is 143 Å². The normalized spacial score (nSPS) is 11.7. The first-order valence-corrected chi connectivity index (χ1v) is 7.57. The van der Waals surface area contributed by atoms with Crippen LogP contribution in [-0.4, -0.2) is 17.4 Å². The number of nitrogens with two attached hydrogens (primary N) is 1. The molecule has 124 valence electrons. The highest BCUT2D eigenvalue weighted by Gasteiger charge is 2.09. The summed E-state index contributed by atoms with van der Waals surface area (Å²) in [6, 6.07) is 11.8. The van der Waals surface area contributed by atoms with Crippen LogP contribution in [0.15, 0.2) is 48.8 Å². The monoisotopic (exact) mass is 333 g/mol. The minimum absolute atomic E-state index is 0. The van der Waals surface area contributed by atoms with E-state index in [1.54, 1.807) is 12.4 Å². The molecule has 0 fully saturated rings. The standard InChI is InChI=1S/C18H23N3O.ClH/c1-13(2)15-5-7-16(8-6-15)17(19)12-21-18(22)10-14-4-3-9-20-11-14;/h3-9,11,13,17H,10,12,19H2,1-2H3,(H,21,22);1H. The van der Waals surface area contributed by atoms with Crippen LogP contribution in [-0.2, 0) is 11.2 Å². The van der Waals surface area contributed by atoms with Crippen LogP contribution in [0.4, 0.5) is 0 Å². The van der Waals surface area contributed by atoms with Crippen LogP contribution in [0, 0.1) is 0 Å². The van der Waals surface area contributed by atoms with Gasteiger partial charge in [-0.05, 0) is 28.7 Å². The van der Waals surface area contributed by atoms with Crippen molar-refractivity contribution in [3.05, 3.63) is 65.5 Å². The van der Waals surface area contributed by atoms with Gasteiger partial charge in [0.15, 0.2) is 0 Å². The van der Waals surface area contributed by atoms with E-state index in [0.717, 1.165) is 11.1 Å². The number of hydrogen-bond acceptors (Lipinski definition) is 3. The van der Waals surface area contributed by atoms with Gasteiger partial charge in [-0.15, -0.1) is 12.4 Å². The molecule has 2 aromatic rings. The molecular formula is C18H24ClN3O. The number of amides is 1. The van der Waals surface area contributed by atoms with Gasteiger partial charge in [-0.1, -0.05) is 44.2 Å². The van der Waals surface area contributed by atoms with Crippen molar-refractivity contribution in [1.29, 1.82) is 0 Å². The van der Waals surface area contributed by atoms with Gasteiger partial charge in [0, 0.05) is 25.0 Å². The van der Waals surface area contributed by atoms with E-state index in [4.69, 9.17) is 5.73 Å². The number of hydrogen-bond donors (Lipinski definition) is 2. The Morgan fingerprint density at radius 1 is 1.17 bits per heavy atom. The Hall–Kier alpha value is -1.91. The van der Waals surface area contributed by atoms with E-state index < -0.39 is 0 Å². The van der Waals surface area contributed by atoms with Gasteiger partial charge < -0.3 is 11.1 Å². The molecule has 3 N–H and O–H groups in total. The number of carbonyl (C=O) groups excluding carboxylic acids is 1. The van der Waals surface area contributed by atoms with Crippen LogP contribution >= 0.6 is 12.4 Å². The Balaban J connectivity index is 0.00000264. The maximum atomic E-state index is 11.9. The van der Waals surface area contributed by atoms with Crippen molar-refractivity contribution in [2.75, 3.05) is 6.54 Å². The first kappa shape index (κ1) is 19.1. The van der Waals surface area contributed by atoms with Gasteiger partial charge in [0.25, 0.3) is 0 Å². The number of nitrogens with zero attached hydrogens (tertiary/aromatic N) is 1. The summed E-state index contributed by atoms with van der Waals surface area (Å²) in [6.07, 6.45) is 3.72. The predicted molar refractivity (Wildman–Crippen MR) is 95.7 cm³/mol. The Kier molecular flexibility index (Phi) is 7.72. The van der Waals surface area contributed by atoms with E-state index in [2.05, 4.69) is 36.3 Å². The molecular weight excluding hydrogens is 310 g/mol. The van der Waals surface area contributed by atoms with E-state index in [-0.39, 0.29) is 24.4 Å². The smallest absolute Gasteiger partial charge is 0.224 e. The average molecular weight is 334 g/mol. The quantitative estimate of drug-likeness (QED) is 0.854. The minimum Gasteiger partial charge on any atom is -0.354 e. The zero-order chi connectivity index (χ0) is 15.9. The molecule has 0 aliphatic heterocycles. The predicted octanol–water partition coefficient (Wildman–Crippen LogP) is 2.99. The highest BCUT2D eigenvalue weighted by Crippen LogP contribution is 2.17. The molecule has 1 aromatic carbocycles. The first-order valence-electron chi connectivity index (χ1n) is 7.57. The second-order valence-electron chi connectivity index (χ2n) is 5.77. The molecule has 4 nitrogen and oxygen atoms in total. The van der Waals surface area contributed by atoms with Crippen molar-refractivity contribution >= 4 is 18.3 Å². The molecule has 0 aliphatic rings. The maximum absolute atomic E-state index is 11.9. The Morgan fingerprint density at radius 3 is 2.39 bits per heavy atom. The van der Waals surface area contributed by atoms with Crippen LogP contribution in [0.25, 0.3) is 0 Å². The molecule has 1 amide bonds. The van der Waals surface area contributed by atoms with Gasteiger partial charge in [-0.3, -0.25) is 9.78 Å². The molecule has 0 spiro atoms. The van der Waals surface area contributed by atoms with Crippen LogP contribution in [0.3, 0.4) is 0 Å². The third-order valence-electron chi connectivity index (χ3n) is 3.64. The fourth-order valence-electron chi connectivity index (χ4n) is 2.22. The zero-order valence-electron chi connectivity index (χ0n) is 13.5. The van der Waals surface area contributed by atoms with Gasteiger partial charge in [-0.25, -0.2) is 0 Å².